The van der Waals surface area contributed by atoms with Crippen molar-refractivity contribution in [3.05, 3.63) is 0 Å². The predicted molar refractivity (Wildman–Crippen MR) is 97.1 cm³/mol. The van der Waals surface area contributed by atoms with Crippen molar-refractivity contribution in [1.29, 1.82) is 0 Å². The number of likely N-dealkylation sites (N-methyl/N-ethyl adjacent to an activating group) is 1. The average molecular weight is 364 g/mol. The zero-order valence-corrected chi connectivity index (χ0v) is 16.3. The maximum absolute atomic E-state index is 12.1. The number of rotatable bonds is 12. The molecule has 0 radical (unpaired) electrons. The number of hydrogen-bond acceptors (Lipinski definition) is 5. The maximum Gasteiger partial charge on any atom is 0.327 e. The van der Waals surface area contributed by atoms with Gasteiger partial charge in [-0.1, -0.05) is 27.2 Å². The zero-order valence-electron chi connectivity index (χ0n) is 15.4. The molecular formula is C17H33NO5S. The molecule has 0 aliphatic carbocycles. The second kappa shape index (κ2) is 11.7. The first-order valence-electron chi connectivity index (χ1n) is 8.56. The van der Waals surface area contributed by atoms with Gasteiger partial charge < -0.3 is 20.2 Å². The first-order valence-corrected chi connectivity index (χ1v) is 9.61. The molecule has 0 aromatic rings. The molecule has 1 amide bonds. The van der Waals surface area contributed by atoms with Gasteiger partial charge in [0.25, 0.3) is 0 Å². The Hall–Kier alpha value is -0.790. The van der Waals surface area contributed by atoms with E-state index in [0.29, 0.717) is 19.3 Å². The van der Waals surface area contributed by atoms with E-state index < -0.39 is 24.2 Å². The summed E-state index contributed by atoms with van der Waals surface area (Å²) in [6.45, 7) is 7.44. The lowest BCUT2D eigenvalue weighted by Gasteiger charge is -2.28. The molecule has 0 aliphatic rings. The molecule has 142 valence electrons. The third-order valence-electron chi connectivity index (χ3n) is 3.86. The lowest BCUT2D eigenvalue weighted by molar-refractivity contribution is -0.148. The van der Waals surface area contributed by atoms with Crippen LogP contribution in [0.3, 0.4) is 0 Å². The number of hydrogen-bond donors (Lipinski definition) is 3. The van der Waals surface area contributed by atoms with E-state index in [9.17, 15) is 24.9 Å². The summed E-state index contributed by atoms with van der Waals surface area (Å²) in [4.78, 5) is 24.9. The molecule has 0 aromatic carbocycles. The third-order valence-corrected chi connectivity index (χ3v) is 5.38. The molecular weight excluding hydrogens is 330 g/mol. The lowest BCUT2D eigenvalue weighted by Crippen LogP contribution is -2.45. The van der Waals surface area contributed by atoms with Gasteiger partial charge >= 0.3 is 5.97 Å². The number of thioether (sulfide) groups is 1. The van der Waals surface area contributed by atoms with Gasteiger partial charge in [0.15, 0.2) is 0 Å². The van der Waals surface area contributed by atoms with Crippen LogP contribution in [-0.2, 0) is 9.59 Å². The summed E-state index contributed by atoms with van der Waals surface area (Å²) in [5.41, 5.74) is 0. The summed E-state index contributed by atoms with van der Waals surface area (Å²) >= 11 is 1.30. The fourth-order valence-electron chi connectivity index (χ4n) is 2.35. The highest BCUT2D eigenvalue weighted by Gasteiger charge is 2.29. The van der Waals surface area contributed by atoms with Crippen molar-refractivity contribution in [2.24, 2.45) is 5.92 Å². The van der Waals surface area contributed by atoms with E-state index in [-0.39, 0.29) is 22.8 Å². The largest absolute Gasteiger partial charge is 0.480 e. The Morgan fingerprint density at radius 3 is 2.17 bits per heavy atom. The topological polar surface area (TPSA) is 98.1 Å². The molecule has 0 unspecified atom stereocenters. The first-order chi connectivity index (χ1) is 11.1. The second-order valence-corrected chi connectivity index (χ2v) is 8.02. The Labute approximate surface area is 149 Å². The van der Waals surface area contributed by atoms with E-state index in [0.717, 1.165) is 6.42 Å². The van der Waals surface area contributed by atoms with Crippen LogP contribution in [0.25, 0.3) is 0 Å². The van der Waals surface area contributed by atoms with Crippen molar-refractivity contribution < 1.29 is 24.9 Å². The number of amides is 1. The summed E-state index contributed by atoms with van der Waals surface area (Å²) in [7, 11) is 1.51. The summed E-state index contributed by atoms with van der Waals surface area (Å²) in [5, 5.41) is 29.0. The molecule has 0 heterocycles. The van der Waals surface area contributed by atoms with Gasteiger partial charge in [0.05, 0.1) is 12.2 Å². The van der Waals surface area contributed by atoms with Crippen LogP contribution in [0, 0.1) is 5.92 Å². The molecule has 0 bridgehead atoms. The Kier molecular flexibility index (Phi) is 11.3. The Bertz CT molecular complexity index is 389. The van der Waals surface area contributed by atoms with Gasteiger partial charge in [0, 0.05) is 24.5 Å². The van der Waals surface area contributed by atoms with E-state index in [4.69, 9.17) is 0 Å². The van der Waals surface area contributed by atoms with Gasteiger partial charge in [0.1, 0.15) is 6.04 Å². The van der Waals surface area contributed by atoms with Crippen LogP contribution in [0.15, 0.2) is 0 Å². The quantitative estimate of drug-likeness (QED) is 0.490. The third kappa shape index (κ3) is 8.89. The van der Waals surface area contributed by atoms with Crippen molar-refractivity contribution >= 4 is 23.6 Å². The summed E-state index contributed by atoms with van der Waals surface area (Å²) in [5.74, 6) is -0.904. The van der Waals surface area contributed by atoms with Crippen molar-refractivity contribution in [1.82, 2.24) is 4.90 Å². The fraction of sp³-hybridized carbons (Fsp3) is 0.882. The van der Waals surface area contributed by atoms with Gasteiger partial charge in [-0.2, -0.15) is 11.8 Å². The normalized spacial score (nSPS) is 16.5. The van der Waals surface area contributed by atoms with Crippen molar-refractivity contribution in [2.45, 2.75) is 76.9 Å². The number of carboxylic acids is 1. The highest BCUT2D eigenvalue weighted by Crippen LogP contribution is 2.24. The van der Waals surface area contributed by atoms with Crippen molar-refractivity contribution in [3.8, 4) is 0 Å². The SMILES string of the molecule is CCC[C@@H](O)C[C@H](SC[C@H](C(=O)O)N(C)C(=O)CC(C)C)[C@H](C)O. The van der Waals surface area contributed by atoms with Crippen LogP contribution >= 0.6 is 11.8 Å². The number of carbonyl (C=O) groups is 2. The zero-order chi connectivity index (χ0) is 18.9. The molecule has 3 N–H and O–H groups in total. The highest BCUT2D eigenvalue weighted by atomic mass is 32.2. The molecule has 0 spiro atoms. The molecule has 0 saturated heterocycles. The number of nitrogens with zero attached hydrogens (tertiary/aromatic N) is 1. The van der Waals surface area contributed by atoms with E-state index in [2.05, 4.69) is 0 Å². The smallest absolute Gasteiger partial charge is 0.327 e. The van der Waals surface area contributed by atoms with Crippen LogP contribution < -0.4 is 0 Å². The van der Waals surface area contributed by atoms with Crippen LogP contribution in [-0.4, -0.2) is 68.4 Å². The number of carbonyl (C=O) groups excluding carboxylic acids is 1. The highest BCUT2D eigenvalue weighted by molar-refractivity contribution is 8.00. The number of carboxylic acid groups (broad SMARTS) is 1. The van der Waals surface area contributed by atoms with Gasteiger partial charge in [-0.3, -0.25) is 4.79 Å². The summed E-state index contributed by atoms with van der Waals surface area (Å²) in [6.07, 6.45) is 1.05. The summed E-state index contributed by atoms with van der Waals surface area (Å²) in [6, 6.07) is -0.939. The second-order valence-electron chi connectivity index (χ2n) is 6.75. The van der Waals surface area contributed by atoms with Crippen LogP contribution in [0.5, 0.6) is 0 Å². The molecule has 0 saturated carbocycles. The molecule has 0 aromatic heterocycles. The van der Waals surface area contributed by atoms with Crippen molar-refractivity contribution in [2.75, 3.05) is 12.8 Å². The number of aliphatic carboxylic acids is 1. The van der Waals surface area contributed by atoms with Crippen LogP contribution in [0.2, 0.25) is 0 Å². The standard InChI is InChI=1S/C17H33NO5S/c1-6-7-13(20)9-15(12(4)19)24-10-14(17(22)23)18(5)16(21)8-11(2)3/h11-15,19-20H,6-10H2,1-5H3,(H,22,23)/t12-,13+,14+,15-/m0/s1. The van der Waals surface area contributed by atoms with E-state index >= 15 is 0 Å². The summed E-state index contributed by atoms with van der Waals surface area (Å²) < 4.78 is 0. The molecule has 24 heavy (non-hydrogen) atoms. The monoisotopic (exact) mass is 363 g/mol. The molecule has 0 rings (SSSR count). The Morgan fingerprint density at radius 1 is 1.17 bits per heavy atom. The minimum Gasteiger partial charge on any atom is -0.480 e. The molecule has 0 aliphatic heterocycles. The van der Waals surface area contributed by atoms with Crippen molar-refractivity contribution in [3.63, 3.8) is 0 Å². The maximum atomic E-state index is 12.1. The number of aliphatic hydroxyl groups excluding tert-OH is 2. The van der Waals surface area contributed by atoms with Gasteiger partial charge in [-0.15, -0.1) is 0 Å². The van der Waals surface area contributed by atoms with Gasteiger partial charge in [-0.25, -0.2) is 4.79 Å². The number of aliphatic hydroxyl groups is 2. The Balaban J connectivity index is 4.79. The van der Waals surface area contributed by atoms with E-state index in [1.54, 1.807) is 6.92 Å². The van der Waals surface area contributed by atoms with Crippen LogP contribution in [0.4, 0.5) is 0 Å². The molecule has 0 fully saturated rings. The molecule has 6 nitrogen and oxygen atoms in total. The fourth-order valence-corrected chi connectivity index (χ4v) is 3.79. The lowest BCUT2D eigenvalue weighted by atomic mass is 10.1. The Morgan fingerprint density at radius 2 is 1.75 bits per heavy atom. The van der Waals surface area contributed by atoms with Crippen LogP contribution in [0.1, 0.15) is 53.4 Å². The predicted octanol–water partition coefficient (Wildman–Crippen LogP) is 1.98. The minimum atomic E-state index is -1.06. The first kappa shape index (κ1) is 23.2. The van der Waals surface area contributed by atoms with E-state index in [1.807, 2.05) is 20.8 Å². The molecule has 7 heteroatoms. The average Bonchev–Trinajstić information content (AvgIpc) is 2.44. The van der Waals surface area contributed by atoms with E-state index in [1.165, 1.54) is 23.7 Å². The minimum absolute atomic E-state index is 0.163. The molecule has 4 atom stereocenters. The van der Waals surface area contributed by atoms with Gasteiger partial charge in [-0.05, 0) is 25.7 Å². The van der Waals surface area contributed by atoms with Gasteiger partial charge in [0.2, 0.25) is 5.91 Å².